The molecular weight excluding hydrogens is 356 g/mol. The summed E-state index contributed by atoms with van der Waals surface area (Å²) in [5, 5.41) is 3.47. The number of carbonyl (C=O) groups excluding carboxylic acids is 2. The number of anilines is 1. The second-order valence-electron chi connectivity index (χ2n) is 9.12. The van der Waals surface area contributed by atoms with Crippen molar-refractivity contribution in [2.45, 2.75) is 64.3 Å². The molecule has 2 aliphatic heterocycles. The van der Waals surface area contributed by atoms with Gasteiger partial charge in [0.25, 0.3) is 0 Å². The molecule has 0 aromatic heterocycles. The summed E-state index contributed by atoms with van der Waals surface area (Å²) in [6.07, 6.45) is 1.34. The van der Waals surface area contributed by atoms with E-state index in [1.54, 1.807) is 0 Å². The van der Waals surface area contributed by atoms with Crippen LogP contribution in [0.4, 0.5) is 10.5 Å². The molecule has 0 bridgehead atoms. The monoisotopic (exact) mass is 386 g/mol. The first-order valence-corrected chi connectivity index (χ1v) is 9.57. The third-order valence-corrected chi connectivity index (χ3v) is 6.03. The van der Waals surface area contributed by atoms with E-state index in [0.29, 0.717) is 6.42 Å². The third kappa shape index (κ3) is 2.86. The van der Waals surface area contributed by atoms with Gasteiger partial charge < -0.3 is 14.8 Å². The number of amides is 1. The van der Waals surface area contributed by atoms with E-state index in [1.165, 1.54) is 12.0 Å². The zero-order chi connectivity index (χ0) is 20.9. The van der Waals surface area contributed by atoms with Crippen molar-refractivity contribution < 1.29 is 19.1 Å². The first-order chi connectivity index (χ1) is 13.0. The highest BCUT2D eigenvalue weighted by molar-refractivity contribution is 5.85. The van der Waals surface area contributed by atoms with E-state index < -0.39 is 40.7 Å². The Morgan fingerprint density at radius 3 is 2.46 bits per heavy atom. The molecule has 6 nitrogen and oxygen atoms in total. The highest BCUT2D eigenvalue weighted by atomic mass is 16.6. The van der Waals surface area contributed by atoms with Gasteiger partial charge in [-0.25, -0.2) is 9.59 Å². The maximum Gasteiger partial charge on any atom is 0.412 e. The zero-order valence-electron chi connectivity index (χ0n) is 17.5. The molecule has 6 heteroatoms. The number of para-hydroxylation sites is 1. The molecule has 1 amide bonds. The van der Waals surface area contributed by atoms with Gasteiger partial charge in [-0.3, -0.25) is 4.90 Å². The van der Waals surface area contributed by atoms with E-state index in [9.17, 15) is 9.59 Å². The number of likely N-dealkylation sites (tertiary alicyclic amines) is 1. The number of ether oxygens (including phenoxy) is 2. The molecule has 152 valence electrons. The van der Waals surface area contributed by atoms with Gasteiger partial charge in [-0.05, 0) is 44.2 Å². The zero-order valence-corrected chi connectivity index (χ0v) is 17.5. The number of fused-ring (bicyclic) bond motifs is 3. The first kappa shape index (κ1) is 20.2. The van der Waals surface area contributed by atoms with Crippen molar-refractivity contribution in [3.05, 3.63) is 42.5 Å². The van der Waals surface area contributed by atoms with Crippen LogP contribution in [0.1, 0.15) is 46.6 Å². The highest BCUT2D eigenvalue weighted by Crippen LogP contribution is 2.60. The van der Waals surface area contributed by atoms with Crippen LogP contribution >= 0.6 is 0 Å². The van der Waals surface area contributed by atoms with Gasteiger partial charge >= 0.3 is 12.1 Å². The molecule has 2 heterocycles. The summed E-state index contributed by atoms with van der Waals surface area (Å²) < 4.78 is 10.7. The van der Waals surface area contributed by atoms with Gasteiger partial charge in [-0.2, -0.15) is 0 Å². The summed E-state index contributed by atoms with van der Waals surface area (Å²) in [6, 6.07) is 7.24. The number of carbonyl (C=O) groups is 2. The van der Waals surface area contributed by atoms with E-state index in [-0.39, 0.29) is 0 Å². The summed E-state index contributed by atoms with van der Waals surface area (Å²) in [5.41, 5.74) is 0.410. The summed E-state index contributed by atoms with van der Waals surface area (Å²) in [4.78, 5) is 27.4. The molecule has 2 aliphatic rings. The number of allylic oxidation sites excluding steroid dienone is 1. The Kier molecular flexibility index (Phi) is 4.72. The average Bonchev–Trinajstić information content (AvgIpc) is 3.12. The second-order valence-corrected chi connectivity index (χ2v) is 9.12. The van der Waals surface area contributed by atoms with Gasteiger partial charge in [0, 0.05) is 11.1 Å². The minimum absolute atomic E-state index is 0.402. The summed E-state index contributed by atoms with van der Waals surface area (Å²) in [5.74, 6) is -0.446. The molecule has 28 heavy (non-hydrogen) atoms. The molecule has 0 aliphatic carbocycles. The number of rotatable bonds is 3. The molecule has 0 spiro atoms. The topological polar surface area (TPSA) is 67.9 Å². The maximum atomic E-state index is 13.2. The van der Waals surface area contributed by atoms with E-state index in [1.807, 2.05) is 45.0 Å². The predicted molar refractivity (Wildman–Crippen MR) is 108 cm³/mol. The van der Waals surface area contributed by atoms with E-state index in [4.69, 9.17) is 9.47 Å². The molecule has 0 radical (unpaired) electrons. The number of hydrogen-bond donors (Lipinski definition) is 1. The van der Waals surface area contributed by atoms with Crippen LogP contribution in [-0.4, -0.2) is 41.9 Å². The Bertz CT molecular complexity index is 811. The first-order valence-electron chi connectivity index (χ1n) is 9.57. The largest absolute Gasteiger partial charge is 0.467 e. The van der Waals surface area contributed by atoms with E-state index in [2.05, 4.69) is 31.8 Å². The Morgan fingerprint density at radius 1 is 1.25 bits per heavy atom. The van der Waals surface area contributed by atoms with Crippen LogP contribution in [0.2, 0.25) is 0 Å². The number of hydrogen-bond acceptors (Lipinski definition) is 5. The molecule has 1 aromatic rings. The lowest BCUT2D eigenvalue weighted by atomic mass is 9.60. The van der Waals surface area contributed by atoms with Crippen LogP contribution in [-0.2, 0) is 19.7 Å². The Labute approximate surface area is 166 Å². The maximum absolute atomic E-state index is 13.2. The number of benzene rings is 1. The summed E-state index contributed by atoms with van der Waals surface area (Å²) in [6.45, 7) is 13.7. The van der Waals surface area contributed by atoms with Gasteiger partial charge in [-0.1, -0.05) is 38.1 Å². The van der Waals surface area contributed by atoms with Crippen molar-refractivity contribution >= 4 is 17.7 Å². The van der Waals surface area contributed by atoms with Crippen LogP contribution < -0.4 is 5.32 Å². The molecule has 1 N–H and O–H groups in total. The SMILES string of the molecule is C=CC(C)(C)[C@]12C[C@@H](C(=O)OC)N(C(=O)OC(C)(C)C)[C@H]1Nc1ccccc12. The quantitative estimate of drug-likeness (QED) is 0.626. The molecule has 1 aromatic carbocycles. The minimum atomic E-state index is -0.745. The van der Waals surface area contributed by atoms with Crippen LogP contribution in [0.3, 0.4) is 0 Å². The fourth-order valence-corrected chi connectivity index (χ4v) is 4.55. The normalized spacial score (nSPS) is 26.1. The van der Waals surface area contributed by atoms with Gasteiger partial charge in [-0.15, -0.1) is 6.58 Å². The van der Waals surface area contributed by atoms with Gasteiger partial charge in [0.1, 0.15) is 17.8 Å². The average molecular weight is 386 g/mol. The van der Waals surface area contributed by atoms with Crippen LogP contribution in [0.25, 0.3) is 0 Å². The van der Waals surface area contributed by atoms with Gasteiger partial charge in [0.2, 0.25) is 0 Å². The number of nitrogens with zero attached hydrogens (tertiary/aromatic N) is 1. The van der Waals surface area contributed by atoms with Crippen LogP contribution in [0.5, 0.6) is 0 Å². The highest BCUT2D eigenvalue weighted by Gasteiger charge is 2.66. The summed E-state index contributed by atoms with van der Waals surface area (Å²) >= 11 is 0. The van der Waals surface area contributed by atoms with Crippen molar-refractivity contribution in [3.63, 3.8) is 0 Å². The lowest BCUT2D eigenvalue weighted by molar-refractivity contribution is -0.146. The lowest BCUT2D eigenvalue weighted by Gasteiger charge is -2.43. The minimum Gasteiger partial charge on any atom is -0.467 e. The number of nitrogens with one attached hydrogen (secondary N) is 1. The molecule has 1 fully saturated rings. The van der Waals surface area contributed by atoms with Crippen molar-refractivity contribution in [3.8, 4) is 0 Å². The third-order valence-electron chi connectivity index (χ3n) is 6.03. The Balaban J connectivity index is 2.18. The van der Waals surface area contributed by atoms with Crippen molar-refractivity contribution in [1.82, 2.24) is 4.90 Å². The van der Waals surface area contributed by atoms with Gasteiger partial charge in [0.05, 0.1) is 7.11 Å². The number of methoxy groups -OCH3 is 1. The molecule has 0 saturated carbocycles. The molecule has 3 rings (SSSR count). The Morgan fingerprint density at radius 2 is 1.89 bits per heavy atom. The standard InChI is InChI=1S/C22H30N2O4/c1-8-21(5,6)22-13-16(17(25)27-7)24(19(26)28-20(2,3)4)18(22)23-15-12-10-9-11-14(15)22/h8-12,16,18,23H,1,13H2,2-7H3/t16-,18+,22-/m0/s1. The molecule has 0 unspecified atom stereocenters. The van der Waals surface area contributed by atoms with Crippen LogP contribution in [0.15, 0.2) is 36.9 Å². The predicted octanol–water partition coefficient (Wildman–Crippen LogP) is 4.07. The Hall–Kier alpha value is -2.50. The second kappa shape index (κ2) is 6.54. The smallest absolute Gasteiger partial charge is 0.412 e. The van der Waals surface area contributed by atoms with Gasteiger partial charge in [0.15, 0.2) is 0 Å². The van der Waals surface area contributed by atoms with Crippen molar-refractivity contribution in [2.75, 3.05) is 12.4 Å². The van der Waals surface area contributed by atoms with Crippen LogP contribution in [0, 0.1) is 5.41 Å². The molecule has 1 saturated heterocycles. The lowest BCUT2D eigenvalue weighted by Crippen LogP contribution is -2.54. The fourth-order valence-electron chi connectivity index (χ4n) is 4.55. The summed E-state index contributed by atoms with van der Waals surface area (Å²) in [7, 11) is 1.34. The van der Waals surface area contributed by atoms with E-state index >= 15 is 0 Å². The molecular formula is C22H30N2O4. The number of esters is 1. The van der Waals surface area contributed by atoms with Crippen molar-refractivity contribution in [2.24, 2.45) is 5.41 Å². The fraction of sp³-hybridized carbons (Fsp3) is 0.545. The molecule has 3 atom stereocenters. The van der Waals surface area contributed by atoms with E-state index in [0.717, 1.165) is 11.3 Å². The van der Waals surface area contributed by atoms with Crippen molar-refractivity contribution in [1.29, 1.82) is 0 Å².